The highest BCUT2D eigenvalue weighted by Gasteiger charge is 2.07. The molecule has 5 heteroatoms. The predicted octanol–water partition coefficient (Wildman–Crippen LogP) is 2.10. The number of aryl methyl sites for hydroxylation is 1. The zero-order valence-corrected chi connectivity index (χ0v) is 9.87. The number of nitrogens with one attached hydrogen (secondary N) is 2. The highest BCUT2D eigenvalue weighted by molar-refractivity contribution is 5.25. The Morgan fingerprint density at radius 1 is 1.47 bits per heavy atom. The second-order valence-electron chi connectivity index (χ2n) is 4.04. The van der Waals surface area contributed by atoms with Crippen molar-refractivity contribution < 1.29 is 4.39 Å². The Hall–Kier alpha value is -1.75. The molecule has 0 aliphatic rings. The first-order chi connectivity index (χ1) is 8.16. The Morgan fingerprint density at radius 2 is 2.29 bits per heavy atom. The van der Waals surface area contributed by atoms with Gasteiger partial charge in [-0.1, -0.05) is 12.1 Å². The number of rotatable bonds is 4. The van der Waals surface area contributed by atoms with E-state index in [1.165, 1.54) is 6.33 Å². The predicted molar refractivity (Wildman–Crippen MR) is 62.8 cm³/mol. The van der Waals surface area contributed by atoms with E-state index >= 15 is 0 Å². The molecule has 0 fully saturated rings. The highest BCUT2D eigenvalue weighted by Crippen LogP contribution is 2.16. The van der Waals surface area contributed by atoms with Crippen LogP contribution < -0.4 is 5.32 Å². The van der Waals surface area contributed by atoms with Crippen LogP contribution in [0.3, 0.4) is 0 Å². The molecule has 0 amide bonds. The summed E-state index contributed by atoms with van der Waals surface area (Å²) in [6.45, 7) is 4.32. The largest absolute Gasteiger partial charge is 0.303 e. The molecule has 90 valence electrons. The Kier molecular flexibility index (Phi) is 3.49. The van der Waals surface area contributed by atoms with Gasteiger partial charge in [0.25, 0.3) is 0 Å². The zero-order chi connectivity index (χ0) is 12.3. The van der Waals surface area contributed by atoms with Gasteiger partial charge in [-0.15, -0.1) is 0 Å². The molecule has 1 aromatic carbocycles. The van der Waals surface area contributed by atoms with E-state index in [0.29, 0.717) is 12.1 Å². The maximum absolute atomic E-state index is 13.4. The number of nitrogens with zero attached hydrogens (tertiary/aromatic N) is 2. The molecule has 0 spiro atoms. The third-order valence-electron chi connectivity index (χ3n) is 2.74. The summed E-state index contributed by atoms with van der Waals surface area (Å²) in [5.74, 6) is 0.597. The van der Waals surface area contributed by atoms with Gasteiger partial charge in [-0.05, 0) is 31.0 Å². The molecule has 0 saturated carbocycles. The molecule has 0 aliphatic carbocycles. The van der Waals surface area contributed by atoms with Crippen LogP contribution in [0.25, 0.3) is 0 Å². The lowest BCUT2D eigenvalue weighted by atomic mass is 10.1. The lowest BCUT2D eigenvalue weighted by Gasteiger charge is -2.13. The molecule has 1 unspecified atom stereocenters. The molecule has 1 aromatic heterocycles. The first-order valence-electron chi connectivity index (χ1n) is 5.50. The van der Waals surface area contributed by atoms with Crippen LogP contribution >= 0.6 is 0 Å². The van der Waals surface area contributed by atoms with Gasteiger partial charge < -0.3 is 5.32 Å². The van der Waals surface area contributed by atoms with Crippen molar-refractivity contribution in [2.24, 2.45) is 0 Å². The van der Waals surface area contributed by atoms with Gasteiger partial charge in [0.15, 0.2) is 0 Å². The Labute approximate surface area is 99.3 Å². The van der Waals surface area contributed by atoms with Gasteiger partial charge in [-0.3, -0.25) is 5.10 Å². The molecule has 0 aliphatic heterocycles. The van der Waals surface area contributed by atoms with Crippen molar-refractivity contribution in [2.75, 3.05) is 0 Å². The van der Waals surface area contributed by atoms with E-state index in [2.05, 4.69) is 20.5 Å². The minimum absolute atomic E-state index is 0.0650. The van der Waals surface area contributed by atoms with Gasteiger partial charge >= 0.3 is 0 Å². The maximum Gasteiger partial charge on any atom is 0.138 e. The van der Waals surface area contributed by atoms with Crippen LogP contribution in [0.4, 0.5) is 4.39 Å². The van der Waals surface area contributed by atoms with Crippen molar-refractivity contribution in [3.05, 3.63) is 47.3 Å². The lowest BCUT2D eigenvalue weighted by molar-refractivity contribution is 0.551. The van der Waals surface area contributed by atoms with Gasteiger partial charge in [0, 0.05) is 6.04 Å². The average Bonchev–Trinajstić information content (AvgIpc) is 2.82. The molecule has 2 rings (SSSR count). The molecule has 0 bridgehead atoms. The van der Waals surface area contributed by atoms with Gasteiger partial charge in [0.2, 0.25) is 0 Å². The molecule has 1 heterocycles. The minimum atomic E-state index is -0.171. The van der Waals surface area contributed by atoms with E-state index in [4.69, 9.17) is 0 Å². The van der Waals surface area contributed by atoms with Gasteiger partial charge in [0.1, 0.15) is 18.0 Å². The third kappa shape index (κ3) is 2.88. The van der Waals surface area contributed by atoms with Crippen LogP contribution in [0.5, 0.6) is 0 Å². The van der Waals surface area contributed by atoms with Crippen LogP contribution in [-0.2, 0) is 6.54 Å². The fourth-order valence-corrected chi connectivity index (χ4v) is 1.56. The third-order valence-corrected chi connectivity index (χ3v) is 2.74. The Balaban J connectivity index is 1.99. The van der Waals surface area contributed by atoms with Crippen molar-refractivity contribution in [2.45, 2.75) is 26.4 Å². The summed E-state index contributed by atoms with van der Waals surface area (Å²) in [6.07, 6.45) is 1.47. The number of benzene rings is 1. The molecular weight excluding hydrogens is 219 g/mol. The van der Waals surface area contributed by atoms with E-state index in [9.17, 15) is 4.39 Å². The second kappa shape index (κ2) is 5.05. The minimum Gasteiger partial charge on any atom is -0.303 e. The SMILES string of the molecule is Cc1ccc(C(C)NCc2ncn[nH]2)cc1F. The van der Waals surface area contributed by atoms with Crippen molar-refractivity contribution in [3.8, 4) is 0 Å². The quantitative estimate of drug-likeness (QED) is 0.851. The van der Waals surface area contributed by atoms with E-state index in [-0.39, 0.29) is 11.9 Å². The standard InChI is InChI=1S/C12H15FN4/c1-8-3-4-10(5-11(8)13)9(2)14-6-12-15-7-16-17-12/h3-5,7,9,14H,6H2,1-2H3,(H,15,16,17). The number of aromatic amines is 1. The normalized spacial score (nSPS) is 12.6. The molecule has 4 nitrogen and oxygen atoms in total. The van der Waals surface area contributed by atoms with Crippen molar-refractivity contribution >= 4 is 0 Å². The number of aromatic nitrogens is 3. The van der Waals surface area contributed by atoms with Gasteiger partial charge in [-0.25, -0.2) is 9.37 Å². The maximum atomic E-state index is 13.4. The first-order valence-corrected chi connectivity index (χ1v) is 5.50. The molecule has 1 atom stereocenters. The number of hydrogen-bond donors (Lipinski definition) is 2. The Bertz CT molecular complexity index is 481. The number of halogens is 1. The number of H-pyrrole nitrogens is 1. The Morgan fingerprint density at radius 3 is 2.94 bits per heavy atom. The lowest BCUT2D eigenvalue weighted by Crippen LogP contribution is -2.19. The van der Waals surface area contributed by atoms with Crippen molar-refractivity contribution in [3.63, 3.8) is 0 Å². The van der Waals surface area contributed by atoms with Crippen LogP contribution in [0.2, 0.25) is 0 Å². The van der Waals surface area contributed by atoms with E-state index < -0.39 is 0 Å². The molecular formula is C12H15FN4. The summed E-state index contributed by atoms with van der Waals surface area (Å²) < 4.78 is 13.4. The topological polar surface area (TPSA) is 53.6 Å². The van der Waals surface area contributed by atoms with Crippen LogP contribution in [-0.4, -0.2) is 15.2 Å². The molecule has 0 saturated heterocycles. The summed E-state index contributed by atoms with van der Waals surface area (Å²) in [7, 11) is 0. The van der Waals surface area contributed by atoms with E-state index in [1.807, 2.05) is 13.0 Å². The zero-order valence-electron chi connectivity index (χ0n) is 9.87. The summed E-state index contributed by atoms with van der Waals surface area (Å²) in [5.41, 5.74) is 1.59. The van der Waals surface area contributed by atoms with Gasteiger partial charge in [0.05, 0.1) is 6.54 Å². The summed E-state index contributed by atoms with van der Waals surface area (Å²) in [5, 5.41) is 9.78. The summed E-state index contributed by atoms with van der Waals surface area (Å²) in [4.78, 5) is 4.01. The van der Waals surface area contributed by atoms with Crippen LogP contribution in [0.15, 0.2) is 24.5 Å². The smallest absolute Gasteiger partial charge is 0.138 e. The first kappa shape index (κ1) is 11.7. The summed E-state index contributed by atoms with van der Waals surface area (Å²) in [6, 6.07) is 5.34. The fraction of sp³-hybridized carbons (Fsp3) is 0.333. The van der Waals surface area contributed by atoms with Crippen molar-refractivity contribution in [1.29, 1.82) is 0 Å². The molecule has 17 heavy (non-hydrogen) atoms. The monoisotopic (exact) mass is 234 g/mol. The number of hydrogen-bond acceptors (Lipinski definition) is 3. The van der Waals surface area contributed by atoms with E-state index in [1.54, 1.807) is 19.1 Å². The highest BCUT2D eigenvalue weighted by atomic mass is 19.1. The average molecular weight is 234 g/mol. The molecule has 2 aromatic rings. The van der Waals surface area contributed by atoms with Crippen molar-refractivity contribution in [1.82, 2.24) is 20.5 Å². The van der Waals surface area contributed by atoms with Crippen LogP contribution in [0, 0.1) is 12.7 Å². The van der Waals surface area contributed by atoms with E-state index in [0.717, 1.165) is 11.4 Å². The molecule has 0 radical (unpaired) electrons. The fourth-order valence-electron chi connectivity index (χ4n) is 1.56. The second-order valence-corrected chi connectivity index (χ2v) is 4.04. The van der Waals surface area contributed by atoms with Crippen LogP contribution in [0.1, 0.15) is 29.9 Å². The summed E-state index contributed by atoms with van der Waals surface area (Å²) >= 11 is 0. The molecule has 2 N–H and O–H groups in total. The van der Waals surface area contributed by atoms with Gasteiger partial charge in [-0.2, -0.15) is 5.10 Å².